The van der Waals surface area contributed by atoms with Gasteiger partial charge in [-0.15, -0.1) is 0 Å². The molecule has 1 aromatic carbocycles. The Kier molecular flexibility index (Phi) is 5.16. The number of carbonyl (C=O) groups is 1. The molecule has 0 aliphatic carbocycles. The van der Waals surface area contributed by atoms with Crippen LogP contribution in [0.25, 0.3) is 11.3 Å². The molecular formula is C19H25ClN4O. The topological polar surface area (TPSA) is 50.2 Å². The van der Waals surface area contributed by atoms with Crippen LogP contribution in [0.5, 0.6) is 0 Å². The number of hydrogen-bond acceptors (Lipinski definition) is 3. The maximum Gasteiger partial charge on any atom is 0.257 e. The first kappa shape index (κ1) is 18.0. The second-order valence-corrected chi connectivity index (χ2v) is 7.79. The summed E-state index contributed by atoms with van der Waals surface area (Å²) in [7, 11) is 0. The van der Waals surface area contributed by atoms with Crippen LogP contribution in [0, 0.1) is 0 Å². The van der Waals surface area contributed by atoms with Gasteiger partial charge in [0, 0.05) is 31.4 Å². The van der Waals surface area contributed by atoms with Crippen molar-refractivity contribution in [1.82, 2.24) is 20.0 Å². The van der Waals surface area contributed by atoms with Gasteiger partial charge in [0.05, 0.1) is 16.1 Å². The number of halogens is 1. The summed E-state index contributed by atoms with van der Waals surface area (Å²) in [6, 6.07) is 7.55. The second kappa shape index (κ2) is 7.18. The molecule has 1 aliphatic rings. The minimum atomic E-state index is -0.213. The van der Waals surface area contributed by atoms with Gasteiger partial charge >= 0.3 is 0 Å². The Morgan fingerprint density at radius 1 is 1.20 bits per heavy atom. The van der Waals surface area contributed by atoms with Crippen molar-refractivity contribution in [3.05, 3.63) is 41.0 Å². The van der Waals surface area contributed by atoms with Gasteiger partial charge in [-0.2, -0.15) is 5.10 Å². The van der Waals surface area contributed by atoms with Gasteiger partial charge in [0.15, 0.2) is 0 Å². The van der Waals surface area contributed by atoms with Crippen LogP contribution >= 0.6 is 11.6 Å². The molecule has 134 valence electrons. The van der Waals surface area contributed by atoms with Crippen molar-refractivity contribution in [2.24, 2.45) is 0 Å². The lowest BCUT2D eigenvalue weighted by atomic mass is 10.1. The van der Waals surface area contributed by atoms with Crippen molar-refractivity contribution < 1.29 is 4.79 Å². The summed E-state index contributed by atoms with van der Waals surface area (Å²) in [6.45, 7) is 9.44. The maximum absolute atomic E-state index is 13.2. The van der Waals surface area contributed by atoms with E-state index in [-0.39, 0.29) is 11.4 Å². The van der Waals surface area contributed by atoms with Gasteiger partial charge in [0.2, 0.25) is 0 Å². The molecule has 3 rings (SSSR count). The molecule has 1 aliphatic heterocycles. The van der Waals surface area contributed by atoms with Gasteiger partial charge in [-0.3, -0.25) is 9.48 Å². The van der Waals surface area contributed by atoms with Crippen molar-refractivity contribution in [3.8, 4) is 11.3 Å². The summed E-state index contributed by atoms with van der Waals surface area (Å²) < 4.78 is 1.86. The summed E-state index contributed by atoms with van der Waals surface area (Å²) in [5.74, 6) is 0.0223. The van der Waals surface area contributed by atoms with E-state index in [2.05, 4.69) is 26.1 Å². The summed E-state index contributed by atoms with van der Waals surface area (Å²) in [5.41, 5.74) is 1.85. The number of nitrogens with one attached hydrogen (secondary N) is 1. The summed E-state index contributed by atoms with van der Waals surface area (Å²) in [5, 5.41) is 8.66. The molecule has 2 aromatic rings. The average Bonchev–Trinajstić information content (AvgIpc) is 2.83. The smallest absolute Gasteiger partial charge is 0.257 e. The first-order valence-electron chi connectivity index (χ1n) is 8.73. The fourth-order valence-corrected chi connectivity index (χ4v) is 3.17. The predicted octanol–water partition coefficient (Wildman–Crippen LogP) is 3.39. The highest BCUT2D eigenvalue weighted by atomic mass is 35.5. The number of aromatic nitrogens is 2. The largest absolute Gasteiger partial charge is 0.337 e. The number of carbonyl (C=O) groups excluding carboxylic acids is 1. The Labute approximate surface area is 154 Å². The zero-order valence-corrected chi connectivity index (χ0v) is 15.8. The van der Waals surface area contributed by atoms with Gasteiger partial charge < -0.3 is 10.2 Å². The van der Waals surface area contributed by atoms with E-state index in [1.807, 2.05) is 40.0 Å². The Morgan fingerprint density at radius 3 is 2.68 bits per heavy atom. The highest BCUT2D eigenvalue weighted by molar-refractivity contribution is 6.33. The van der Waals surface area contributed by atoms with Crippen molar-refractivity contribution in [2.75, 3.05) is 26.2 Å². The quantitative estimate of drug-likeness (QED) is 0.893. The van der Waals surface area contributed by atoms with Crippen molar-refractivity contribution in [1.29, 1.82) is 0 Å². The number of amides is 1. The first-order chi connectivity index (χ1) is 11.9. The molecule has 0 bridgehead atoms. The molecule has 1 amide bonds. The Balaban J connectivity index is 2.06. The van der Waals surface area contributed by atoms with E-state index in [0.29, 0.717) is 22.8 Å². The van der Waals surface area contributed by atoms with E-state index in [0.717, 1.165) is 31.6 Å². The molecule has 2 heterocycles. The maximum atomic E-state index is 13.2. The normalized spacial score (nSPS) is 15.9. The van der Waals surface area contributed by atoms with Crippen LogP contribution in [0.2, 0.25) is 5.02 Å². The fourth-order valence-electron chi connectivity index (χ4n) is 2.95. The third-order valence-corrected chi connectivity index (χ3v) is 4.72. The molecule has 5 nitrogen and oxygen atoms in total. The van der Waals surface area contributed by atoms with Gasteiger partial charge in [-0.25, -0.2) is 0 Å². The minimum absolute atomic E-state index is 0.0223. The molecule has 1 aromatic heterocycles. The lowest BCUT2D eigenvalue weighted by Crippen LogP contribution is -2.34. The number of hydrogen-bond donors (Lipinski definition) is 1. The molecule has 0 atom stereocenters. The van der Waals surface area contributed by atoms with Gasteiger partial charge in [-0.1, -0.05) is 29.8 Å². The fraction of sp³-hybridized carbons (Fsp3) is 0.474. The van der Waals surface area contributed by atoms with Gasteiger partial charge in [0.1, 0.15) is 5.69 Å². The molecule has 1 saturated heterocycles. The number of rotatable bonds is 2. The SMILES string of the molecule is CC(C)(C)n1cc(C(=O)N2CCCNCC2)c(-c2ccccc2Cl)n1. The average molecular weight is 361 g/mol. The molecule has 0 unspecified atom stereocenters. The van der Waals surface area contributed by atoms with E-state index in [4.69, 9.17) is 16.7 Å². The Morgan fingerprint density at radius 2 is 1.96 bits per heavy atom. The summed E-state index contributed by atoms with van der Waals surface area (Å²) >= 11 is 6.39. The Hall–Kier alpha value is -1.85. The van der Waals surface area contributed by atoms with Crippen LogP contribution in [0.15, 0.2) is 30.5 Å². The number of benzene rings is 1. The van der Waals surface area contributed by atoms with Crippen LogP contribution in [0.3, 0.4) is 0 Å². The molecular weight excluding hydrogens is 336 g/mol. The standard InChI is InChI=1S/C19H25ClN4O/c1-19(2,3)24-13-15(18(25)23-11-6-9-21-10-12-23)17(22-24)14-7-4-5-8-16(14)20/h4-5,7-8,13,21H,6,9-12H2,1-3H3. The van der Waals surface area contributed by atoms with E-state index >= 15 is 0 Å². The van der Waals surface area contributed by atoms with Crippen molar-refractivity contribution in [2.45, 2.75) is 32.7 Å². The summed E-state index contributed by atoms with van der Waals surface area (Å²) in [4.78, 5) is 15.1. The third kappa shape index (κ3) is 3.88. The zero-order chi connectivity index (χ0) is 18.0. The summed E-state index contributed by atoms with van der Waals surface area (Å²) in [6.07, 6.45) is 2.82. The second-order valence-electron chi connectivity index (χ2n) is 7.38. The van der Waals surface area contributed by atoms with Crippen LogP contribution in [0.1, 0.15) is 37.6 Å². The monoisotopic (exact) mass is 360 g/mol. The molecule has 1 fully saturated rings. The van der Waals surface area contributed by atoms with Crippen LogP contribution in [0.4, 0.5) is 0 Å². The molecule has 1 N–H and O–H groups in total. The lowest BCUT2D eigenvalue weighted by Gasteiger charge is -2.20. The van der Waals surface area contributed by atoms with Crippen molar-refractivity contribution >= 4 is 17.5 Å². The zero-order valence-electron chi connectivity index (χ0n) is 15.1. The Bertz CT molecular complexity index is 755. The van der Waals surface area contributed by atoms with Crippen LogP contribution in [-0.4, -0.2) is 46.8 Å². The first-order valence-corrected chi connectivity index (χ1v) is 9.11. The van der Waals surface area contributed by atoms with Crippen LogP contribution in [-0.2, 0) is 5.54 Å². The minimum Gasteiger partial charge on any atom is -0.337 e. The van der Waals surface area contributed by atoms with Gasteiger partial charge in [-0.05, 0) is 39.8 Å². The molecule has 6 heteroatoms. The van der Waals surface area contributed by atoms with Gasteiger partial charge in [0.25, 0.3) is 5.91 Å². The molecule has 0 saturated carbocycles. The van der Waals surface area contributed by atoms with Crippen molar-refractivity contribution in [3.63, 3.8) is 0 Å². The lowest BCUT2D eigenvalue weighted by molar-refractivity contribution is 0.0767. The highest BCUT2D eigenvalue weighted by Gasteiger charge is 2.27. The van der Waals surface area contributed by atoms with E-state index in [9.17, 15) is 4.79 Å². The third-order valence-electron chi connectivity index (χ3n) is 4.39. The molecule has 25 heavy (non-hydrogen) atoms. The highest BCUT2D eigenvalue weighted by Crippen LogP contribution is 2.31. The van der Waals surface area contributed by atoms with E-state index in [1.54, 1.807) is 0 Å². The predicted molar refractivity (Wildman–Crippen MR) is 101 cm³/mol. The van der Waals surface area contributed by atoms with E-state index < -0.39 is 0 Å². The molecule has 0 spiro atoms. The van der Waals surface area contributed by atoms with Crippen LogP contribution < -0.4 is 5.32 Å². The molecule has 0 radical (unpaired) electrons. The van der Waals surface area contributed by atoms with E-state index in [1.165, 1.54) is 0 Å². The number of nitrogens with zero attached hydrogens (tertiary/aromatic N) is 3.